The molecule has 14 heavy (non-hydrogen) atoms. The van der Waals surface area contributed by atoms with Gasteiger partial charge in [-0.3, -0.25) is 4.79 Å². The van der Waals surface area contributed by atoms with Crippen LogP contribution in [0.15, 0.2) is 0 Å². The molecule has 1 heterocycles. The molecule has 3 heteroatoms. The zero-order valence-corrected chi connectivity index (χ0v) is 9.10. The first kappa shape index (κ1) is 9.97. The zero-order valence-electron chi connectivity index (χ0n) is 9.10. The van der Waals surface area contributed by atoms with Gasteiger partial charge in [-0.2, -0.15) is 0 Å². The smallest absolute Gasteiger partial charge is 0.226 e. The highest BCUT2D eigenvalue weighted by atomic mass is 16.2. The Labute approximate surface area is 85.6 Å². The zero-order chi connectivity index (χ0) is 10.2. The second-order valence-electron chi connectivity index (χ2n) is 5.11. The lowest BCUT2D eigenvalue weighted by Crippen LogP contribution is -2.49. The Morgan fingerprint density at radius 1 is 1.50 bits per heavy atom. The van der Waals surface area contributed by atoms with E-state index in [0.717, 1.165) is 32.4 Å². The topological polar surface area (TPSA) is 41.1 Å². The Kier molecular flexibility index (Phi) is 2.52. The number of rotatable bonds is 2. The highest BCUT2D eigenvalue weighted by Gasteiger charge is 2.45. The summed E-state index contributed by atoms with van der Waals surface area (Å²) in [6, 6.07) is 0.390. The maximum absolute atomic E-state index is 11.8. The number of carbonyl (C=O) groups is 1. The lowest BCUT2D eigenvalue weighted by Gasteiger charge is -2.31. The first-order valence-electron chi connectivity index (χ1n) is 5.63. The molecule has 2 rings (SSSR count). The molecule has 0 aromatic heterocycles. The third-order valence-electron chi connectivity index (χ3n) is 3.65. The molecule has 0 radical (unpaired) electrons. The van der Waals surface area contributed by atoms with Crippen molar-refractivity contribution in [2.45, 2.75) is 39.2 Å². The van der Waals surface area contributed by atoms with Crippen molar-refractivity contribution in [2.24, 2.45) is 11.3 Å². The number of hydrogen-bond acceptors (Lipinski definition) is 2. The van der Waals surface area contributed by atoms with Crippen molar-refractivity contribution in [3.05, 3.63) is 0 Å². The lowest BCUT2D eigenvalue weighted by atomic mass is 9.94. The molecule has 1 amide bonds. The van der Waals surface area contributed by atoms with Gasteiger partial charge in [-0.25, -0.2) is 0 Å². The third-order valence-corrected chi connectivity index (χ3v) is 3.65. The molecule has 2 N–H and O–H groups in total. The minimum atomic E-state index is -0.0232. The molecule has 1 aliphatic heterocycles. The Bertz CT molecular complexity index is 235. The van der Waals surface area contributed by atoms with E-state index in [2.05, 4.69) is 24.5 Å². The summed E-state index contributed by atoms with van der Waals surface area (Å²) in [6.45, 7) is 6.33. The molecule has 0 bridgehead atoms. The van der Waals surface area contributed by atoms with Crippen LogP contribution in [-0.4, -0.2) is 25.0 Å². The molecule has 1 saturated heterocycles. The van der Waals surface area contributed by atoms with E-state index in [9.17, 15) is 4.79 Å². The number of nitrogens with one attached hydrogen (secondary N) is 2. The van der Waals surface area contributed by atoms with Crippen LogP contribution in [0, 0.1) is 11.3 Å². The van der Waals surface area contributed by atoms with Crippen molar-refractivity contribution >= 4 is 5.91 Å². The van der Waals surface area contributed by atoms with Gasteiger partial charge in [0.25, 0.3) is 0 Å². The highest BCUT2D eigenvalue weighted by molar-refractivity contribution is 5.85. The van der Waals surface area contributed by atoms with Crippen LogP contribution in [0.25, 0.3) is 0 Å². The SMILES string of the molecule is CC1CNCCC1NC(=O)C1(C)CC1. The molecular formula is C11H20N2O. The maximum atomic E-state index is 11.8. The molecule has 2 atom stereocenters. The molecule has 0 aromatic rings. The monoisotopic (exact) mass is 196 g/mol. The van der Waals surface area contributed by atoms with Gasteiger partial charge in [0.1, 0.15) is 0 Å². The van der Waals surface area contributed by atoms with Crippen molar-refractivity contribution in [3.63, 3.8) is 0 Å². The van der Waals surface area contributed by atoms with E-state index < -0.39 is 0 Å². The van der Waals surface area contributed by atoms with Gasteiger partial charge in [0.15, 0.2) is 0 Å². The summed E-state index contributed by atoms with van der Waals surface area (Å²) in [5, 5.41) is 6.53. The molecule has 0 spiro atoms. The highest BCUT2D eigenvalue weighted by Crippen LogP contribution is 2.45. The van der Waals surface area contributed by atoms with Crippen LogP contribution in [0.2, 0.25) is 0 Å². The standard InChI is InChI=1S/C11H20N2O/c1-8-7-12-6-3-9(8)13-10(14)11(2)4-5-11/h8-9,12H,3-7H2,1-2H3,(H,13,14). The van der Waals surface area contributed by atoms with Gasteiger partial charge in [0.2, 0.25) is 5.91 Å². The molecule has 80 valence electrons. The molecule has 1 aliphatic carbocycles. The predicted octanol–water partition coefficient (Wildman–Crippen LogP) is 0.901. The number of hydrogen-bond donors (Lipinski definition) is 2. The van der Waals surface area contributed by atoms with E-state index in [-0.39, 0.29) is 11.3 Å². The molecule has 2 fully saturated rings. The van der Waals surface area contributed by atoms with Crippen LogP contribution in [0.4, 0.5) is 0 Å². The Hall–Kier alpha value is -0.570. The van der Waals surface area contributed by atoms with Gasteiger partial charge in [0.05, 0.1) is 0 Å². The second kappa shape index (κ2) is 3.54. The summed E-state index contributed by atoms with van der Waals surface area (Å²) in [4.78, 5) is 11.8. The molecule has 1 saturated carbocycles. The minimum Gasteiger partial charge on any atom is -0.353 e. The molecule has 3 nitrogen and oxygen atoms in total. The van der Waals surface area contributed by atoms with E-state index in [1.165, 1.54) is 0 Å². The van der Waals surface area contributed by atoms with Gasteiger partial charge in [-0.15, -0.1) is 0 Å². The van der Waals surface area contributed by atoms with E-state index in [0.29, 0.717) is 12.0 Å². The van der Waals surface area contributed by atoms with Crippen molar-refractivity contribution in [1.82, 2.24) is 10.6 Å². The molecule has 2 unspecified atom stereocenters. The van der Waals surface area contributed by atoms with Crippen LogP contribution < -0.4 is 10.6 Å². The Balaban J connectivity index is 1.86. The van der Waals surface area contributed by atoms with Crippen LogP contribution >= 0.6 is 0 Å². The number of amides is 1. The summed E-state index contributed by atoms with van der Waals surface area (Å²) >= 11 is 0. The summed E-state index contributed by atoms with van der Waals surface area (Å²) in [6.07, 6.45) is 3.21. The molecule has 2 aliphatic rings. The predicted molar refractivity (Wildman–Crippen MR) is 55.9 cm³/mol. The largest absolute Gasteiger partial charge is 0.353 e. The number of carbonyl (C=O) groups excluding carboxylic acids is 1. The fourth-order valence-electron chi connectivity index (χ4n) is 1.99. The Morgan fingerprint density at radius 3 is 2.79 bits per heavy atom. The average molecular weight is 196 g/mol. The third kappa shape index (κ3) is 1.92. The average Bonchev–Trinajstić information content (AvgIpc) is 2.89. The summed E-state index contributed by atoms with van der Waals surface area (Å²) in [5.41, 5.74) is -0.0232. The number of piperidine rings is 1. The fourth-order valence-corrected chi connectivity index (χ4v) is 1.99. The van der Waals surface area contributed by atoms with Crippen LogP contribution in [0.5, 0.6) is 0 Å². The van der Waals surface area contributed by atoms with Crippen molar-refractivity contribution in [2.75, 3.05) is 13.1 Å². The lowest BCUT2D eigenvalue weighted by molar-refractivity contribution is -0.127. The van der Waals surface area contributed by atoms with E-state index >= 15 is 0 Å². The van der Waals surface area contributed by atoms with E-state index in [1.807, 2.05) is 0 Å². The molecule has 0 aromatic carbocycles. The van der Waals surface area contributed by atoms with Crippen LogP contribution in [0.3, 0.4) is 0 Å². The Morgan fingerprint density at radius 2 is 2.21 bits per heavy atom. The van der Waals surface area contributed by atoms with Crippen molar-refractivity contribution < 1.29 is 4.79 Å². The van der Waals surface area contributed by atoms with Crippen LogP contribution in [0.1, 0.15) is 33.1 Å². The second-order valence-corrected chi connectivity index (χ2v) is 5.11. The summed E-state index contributed by atoms with van der Waals surface area (Å²) in [5.74, 6) is 0.839. The first-order valence-corrected chi connectivity index (χ1v) is 5.63. The quantitative estimate of drug-likeness (QED) is 0.689. The molecular weight excluding hydrogens is 176 g/mol. The normalized spacial score (nSPS) is 35.0. The van der Waals surface area contributed by atoms with Gasteiger partial charge in [-0.05, 0) is 38.3 Å². The van der Waals surface area contributed by atoms with Crippen molar-refractivity contribution in [3.8, 4) is 0 Å². The minimum absolute atomic E-state index is 0.0232. The summed E-state index contributed by atoms with van der Waals surface area (Å²) in [7, 11) is 0. The fraction of sp³-hybridized carbons (Fsp3) is 0.909. The van der Waals surface area contributed by atoms with Crippen LogP contribution in [-0.2, 0) is 4.79 Å². The summed E-state index contributed by atoms with van der Waals surface area (Å²) < 4.78 is 0. The van der Waals surface area contributed by atoms with Gasteiger partial charge >= 0.3 is 0 Å². The first-order chi connectivity index (χ1) is 6.62. The van der Waals surface area contributed by atoms with Gasteiger partial charge in [0, 0.05) is 11.5 Å². The van der Waals surface area contributed by atoms with E-state index in [1.54, 1.807) is 0 Å². The van der Waals surface area contributed by atoms with Gasteiger partial charge in [-0.1, -0.05) is 13.8 Å². The van der Waals surface area contributed by atoms with Gasteiger partial charge < -0.3 is 10.6 Å². The van der Waals surface area contributed by atoms with Crippen molar-refractivity contribution in [1.29, 1.82) is 0 Å². The maximum Gasteiger partial charge on any atom is 0.226 e. The van der Waals surface area contributed by atoms with E-state index in [4.69, 9.17) is 0 Å².